The number of benzene rings is 1. The lowest BCUT2D eigenvalue weighted by Crippen LogP contribution is -2.31. The first-order chi connectivity index (χ1) is 13.7. The number of carbonyl (C=O) groups is 1. The topological polar surface area (TPSA) is 49.3 Å². The summed E-state index contributed by atoms with van der Waals surface area (Å²) in [7, 11) is 2.04. The molecule has 0 aliphatic carbocycles. The fourth-order valence-corrected chi connectivity index (χ4v) is 3.01. The summed E-state index contributed by atoms with van der Waals surface area (Å²) in [4.78, 5) is 25.2. The third kappa shape index (κ3) is 5.16. The molecule has 0 atom stereocenters. The van der Waals surface area contributed by atoms with Gasteiger partial charge in [0.2, 0.25) is 0 Å². The molecule has 28 heavy (non-hydrogen) atoms. The van der Waals surface area contributed by atoms with Crippen LogP contribution in [0.25, 0.3) is 0 Å². The molecule has 0 aliphatic rings. The van der Waals surface area contributed by atoms with Crippen LogP contribution in [-0.4, -0.2) is 40.9 Å². The number of hydrogen-bond acceptors (Lipinski definition) is 4. The van der Waals surface area contributed by atoms with Crippen molar-refractivity contribution in [3.8, 4) is 0 Å². The first-order valence-electron chi connectivity index (χ1n) is 9.56. The summed E-state index contributed by atoms with van der Waals surface area (Å²) in [5.41, 5.74) is 3.84. The zero-order chi connectivity index (χ0) is 19.8. The molecule has 0 N–H and O–H groups in total. The molecule has 0 fully saturated rings. The van der Waals surface area contributed by atoms with Crippen LogP contribution in [0.3, 0.4) is 0 Å². The average molecular weight is 374 g/mol. The Balaban J connectivity index is 1.61. The second kappa shape index (κ2) is 9.65. The van der Waals surface area contributed by atoms with Crippen LogP contribution >= 0.6 is 0 Å². The van der Waals surface area contributed by atoms with Crippen molar-refractivity contribution in [2.45, 2.75) is 19.9 Å². The number of pyridine rings is 2. The molecule has 1 aromatic carbocycles. The molecule has 0 radical (unpaired) electrons. The number of hydrogen-bond donors (Lipinski definition) is 0. The minimum Gasteiger partial charge on any atom is -0.373 e. The van der Waals surface area contributed by atoms with Gasteiger partial charge in [0.05, 0.1) is 11.9 Å². The number of likely N-dealkylation sites (N-methyl/N-ethyl adjacent to an activating group) is 1. The third-order valence-electron chi connectivity index (χ3n) is 4.78. The van der Waals surface area contributed by atoms with E-state index in [-0.39, 0.29) is 5.91 Å². The van der Waals surface area contributed by atoms with Gasteiger partial charge in [-0.2, -0.15) is 0 Å². The van der Waals surface area contributed by atoms with E-state index in [9.17, 15) is 4.79 Å². The third-order valence-corrected chi connectivity index (χ3v) is 4.78. The van der Waals surface area contributed by atoms with Gasteiger partial charge in [0.15, 0.2) is 0 Å². The first kappa shape index (κ1) is 19.5. The lowest BCUT2D eigenvalue weighted by Gasteiger charge is -2.22. The smallest absolute Gasteiger partial charge is 0.272 e. The standard InChI is InChI=1S/C23H26N4O/c1-3-27(18-20-7-5-4-6-8-20)23(28)22-10-9-21(17-25-22)26(2)16-13-19-11-14-24-15-12-19/h4-12,14-15,17H,3,13,16,18H2,1-2H3. The van der Waals surface area contributed by atoms with Gasteiger partial charge in [-0.05, 0) is 48.7 Å². The quantitative estimate of drug-likeness (QED) is 0.601. The molecule has 3 rings (SSSR count). The largest absolute Gasteiger partial charge is 0.373 e. The molecule has 2 heterocycles. The second-order valence-corrected chi connectivity index (χ2v) is 6.73. The molecular formula is C23H26N4O. The van der Waals surface area contributed by atoms with Crippen molar-refractivity contribution in [3.05, 3.63) is 90.0 Å². The molecule has 3 aromatic rings. The Morgan fingerprint density at radius 3 is 2.36 bits per heavy atom. The van der Waals surface area contributed by atoms with E-state index in [1.54, 1.807) is 6.20 Å². The van der Waals surface area contributed by atoms with Gasteiger partial charge in [0.25, 0.3) is 5.91 Å². The van der Waals surface area contributed by atoms with Gasteiger partial charge < -0.3 is 9.80 Å². The second-order valence-electron chi connectivity index (χ2n) is 6.73. The lowest BCUT2D eigenvalue weighted by atomic mass is 10.2. The van der Waals surface area contributed by atoms with Gasteiger partial charge in [0.1, 0.15) is 5.69 Å². The van der Waals surface area contributed by atoms with E-state index in [0.29, 0.717) is 18.8 Å². The van der Waals surface area contributed by atoms with Crippen LogP contribution in [0.4, 0.5) is 5.69 Å². The Hall–Kier alpha value is -3.21. The van der Waals surface area contributed by atoms with Crippen LogP contribution in [-0.2, 0) is 13.0 Å². The molecule has 144 valence electrons. The van der Waals surface area contributed by atoms with E-state index in [1.165, 1.54) is 5.56 Å². The van der Waals surface area contributed by atoms with Gasteiger partial charge in [-0.3, -0.25) is 9.78 Å². The highest BCUT2D eigenvalue weighted by Crippen LogP contribution is 2.14. The number of anilines is 1. The van der Waals surface area contributed by atoms with E-state index in [4.69, 9.17) is 0 Å². The summed E-state index contributed by atoms with van der Waals surface area (Å²) in [6.45, 7) is 4.09. The number of amides is 1. The van der Waals surface area contributed by atoms with Crippen molar-refractivity contribution in [2.24, 2.45) is 0 Å². The molecule has 1 amide bonds. The summed E-state index contributed by atoms with van der Waals surface area (Å²) in [5.74, 6) is -0.0441. The van der Waals surface area contributed by atoms with E-state index in [0.717, 1.165) is 24.2 Å². The Morgan fingerprint density at radius 2 is 1.71 bits per heavy atom. The number of carbonyl (C=O) groups excluding carboxylic acids is 1. The van der Waals surface area contributed by atoms with Crippen LogP contribution < -0.4 is 4.90 Å². The first-order valence-corrected chi connectivity index (χ1v) is 9.56. The highest BCUT2D eigenvalue weighted by atomic mass is 16.2. The minimum absolute atomic E-state index is 0.0441. The van der Waals surface area contributed by atoms with Crippen molar-refractivity contribution < 1.29 is 4.79 Å². The highest BCUT2D eigenvalue weighted by Gasteiger charge is 2.16. The molecule has 0 spiro atoms. The van der Waals surface area contributed by atoms with Gasteiger partial charge >= 0.3 is 0 Å². The molecule has 0 saturated heterocycles. The van der Waals surface area contributed by atoms with Crippen molar-refractivity contribution >= 4 is 11.6 Å². The van der Waals surface area contributed by atoms with Crippen LogP contribution in [0.5, 0.6) is 0 Å². The Bertz CT molecular complexity index is 866. The van der Waals surface area contributed by atoms with E-state index in [1.807, 2.05) is 85.9 Å². The summed E-state index contributed by atoms with van der Waals surface area (Å²) in [6.07, 6.45) is 6.33. The fraction of sp³-hybridized carbons (Fsp3) is 0.261. The predicted octanol–water partition coefficient (Wildman–Crippen LogP) is 3.82. The van der Waals surface area contributed by atoms with E-state index < -0.39 is 0 Å². The predicted molar refractivity (Wildman–Crippen MR) is 112 cm³/mol. The van der Waals surface area contributed by atoms with E-state index in [2.05, 4.69) is 14.9 Å². The molecular weight excluding hydrogens is 348 g/mol. The van der Waals surface area contributed by atoms with Crippen molar-refractivity contribution in [1.29, 1.82) is 0 Å². The number of nitrogens with zero attached hydrogens (tertiary/aromatic N) is 4. The summed E-state index contributed by atoms with van der Waals surface area (Å²) in [5, 5.41) is 0. The zero-order valence-corrected chi connectivity index (χ0v) is 16.5. The maximum atomic E-state index is 12.8. The van der Waals surface area contributed by atoms with Gasteiger partial charge in [-0.1, -0.05) is 30.3 Å². The van der Waals surface area contributed by atoms with Crippen molar-refractivity contribution in [1.82, 2.24) is 14.9 Å². The Labute approximate surface area is 166 Å². The van der Waals surface area contributed by atoms with Crippen LogP contribution in [0, 0.1) is 0 Å². The highest BCUT2D eigenvalue weighted by molar-refractivity contribution is 5.92. The normalized spacial score (nSPS) is 10.5. The Kier molecular flexibility index (Phi) is 6.73. The molecule has 5 nitrogen and oxygen atoms in total. The molecule has 0 aliphatic heterocycles. The molecule has 2 aromatic heterocycles. The fourth-order valence-electron chi connectivity index (χ4n) is 3.01. The zero-order valence-electron chi connectivity index (χ0n) is 16.5. The minimum atomic E-state index is -0.0441. The summed E-state index contributed by atoms with van der Waals surface area (Å²) < 4.78 is 0. The maximum absolute atomic E-state index is 12.8. The van der Waals surface area contributed by atoms with Crippen LogP contribution in [0.15, 0.2) is 73.2 Å². The molecule has 5 heteroatoms. The summed E-state index contributed by atoms with van der Waals surface area (Å²) >= 11 is 0. The molecule has 0 saturated carbocycles. The van der Waals surface area contributed by atoms with Gasteiger partial charge in [-0.25, -0.2) is 4.98 Å². The number of rotatable bonds is 8. The Morgan fingerprint density at radius 1 is 0.964 bits per heavy atom. The number of aromatic nitrogens is 2. The summed E-state index contributed by atoms with van der Waals surface area (Å²) in [6, 6.07) is 17.9. The average Bonchev–Trinajstić information content (AvgIpc) is 2.77. The molecule has 0 unspecified atom stereocenters. The maximum Gasteiger partial charge on any atom is 0.272 e. The van der Waals surface area contributed by atoms with Crippen molar-refractivity contribution in [2.75, 3.05) is 25.0 Å². The van der Waals surface area contributed by atoms with Crippen LogP contribution in [0.1, 0.15) is 28.5 Å². The monoisotopic (exact) mass is 374 g/mol. The van der Waals surface area contributed by atoms with Gasteiger partial charge in [0, 0.05) is 39.1 Å². The van der Waals surface area contributed by atoms with Crippen LogP contribution in [0.2, 0.25) is 0 Å². The van der Waals surface area contributed by atoms with E-state index >= 15 is 0 Å². The van der Waals surface area contributed by atoms with Crippen molar-refractivity contribution in [3.63, 3.8) is 0 Å². The lowest BCUT2D eigenvalue weighted by molar-refractivity contribution is 0.0746. The van der Waals surface area contributed by atoms with Gasteiger partial charge in [-0.15, -0.1) is 0 Å². The SMILES string of the molecule is CCN(Cc1ccccc1)C(=O)c1ccc(N(C)CCc2ccncc2)cn1. The molecule has 0 bridgehead atoms.